The maximum absolute atomic E-state index is 12.9. The molecule has 1 aliphatic carbocycles. The topological polar surface area (TPSA) is 111 Å². The molecule has 2 N–H and O–H groups in total. The Hall–Kier alpha value is -4.37. The second-order valence-corrected chi connectivity index (χ2v) is 10.8. The molecule has 5 rings (SSSR count). The van der Waals surface area contributed by atoms with Crippen molar-refractivity contribution >= 4 is 29.4 Å². The molecule has 1 atom stereocenters. The number of carbonyl (C=O) groups is 3. The van der Waals surface area contributed by atoms with Crippen LogP contribution >= 0.6 is 11.8 Å². The van der Waals surface area contributed by atoms with E-state index in [2.05, 4.69) is 10.3 Å². The summed E-state index contributed by atoms with van der Waals surface area (Å²) < 4.78 is 8.72. The fourth-order valence-corrected chi connectivity index (χ4v) is 6.08. The summed E-state index contributed by atoms with van der Waals surface area (Å²) in [6.07, 6.45) is 7.07. The van der Waals surface area contributed by atoms with Crippen molar-refractivity contribution < 1.29 is 24.2 Å². The van der Waals surface area contributed by atoms with Crippen molar-refractivity contribution in [3.63, 3.8) is 0 Å². The molecule has 0 fully saturated rings. The highest BCUT2D eigenvalue weighted by molar-refractivity contribution is 7.98. The maximum atomic E-state index is 12.9. The molecule has 0 spiro atoms. The fourth-order valence-electron chi connectivity index (χ4n) is 4.97. The van der Waals surface area contributed by atoms with Crippen LogP contribution in [0.25, 0.3) is 0 Å². The molecule has 1 amide bonds. The molecule has 1 heterocycles. The van der Waals surface area contributed by atoms with Gasteiger partial charge in [0.15, 0.2) is 5.78 Å². The second-order valence-electron chi connectivity index (χ2n) is 9.81. The first-order chi connectivity index (χ1) is 20.0. The molecule has 1 unspecified atom stereocenters. The fraction of sp³-hybridized carbons (Fsp3) is 0.250. The first-order valence-corrected chi connectivity index (χ1v) is 14.5. The summed E-state index contributed by atoms with van der Waals surface area (Å²) in [7, 11) is 0. The number of hydrogen-bond donors (Lipinski definition) is 2. The summed E-state index contributed by atoms with van der Waals surface area (Å²) in [5.74, 6) is 0.0625. The molecular formula is C32H31N3O5S. The van der Waals surface area contributed by atoms with Crippen molar-refractivity contribution in [1.82, 2.24) is 14.9 Å². The van der Waals surface area contributed by atoms with Gasteiger partial charge < -0.3 is 19.7 Å². The molecular weight excluding hydrogens is 538 g/mol. The van der Waals surface area contributed by atoms with Crippen LogP contribution in [0.4, 0.5) is 0 Å². The van der Waals surface area contributed by atoms with Crippen LogP contribution in [-0.2, 0) is 23.5 Å². The summed E-state index contributed by atoms with van der Waals surface area (Å²) in [6.45, 7) is 0.614. The van der Waals surface area contributed by atoms with Crippen molar-refractivity contribution in [3.05, 3.63) is 113 Å². The number of fused-ring (bicyclic) bond motifs is 1. The van der Waals surface area contributed by atoms with E-state index in [4.69, 9.17) is 9.84 Å². The standard InChI is InChI=1S/C32H31N3O5S/c36-27-11-6-10-23-24(27)13-14-28(40-29(19-35-18-17-33-21-35)22-7-2-1-3-8-22)26(23)20-41-30-12-5-4-9-25(30)32(39)34-16-15-31(37)38/h1-5,7-9,12-14,17-18,21,29H,6,10-11,15-16,19-20H2,(H,34,39)(H,37,38). The van der Waals surface area contributed by atoms with E-state index >= 15 is 0 Å². The number of carboxylic acids is 1. The quantitative estimate of drug-likeness (QED) is 0.210. The highest BCUT2D eigenvalue weighted by Gasteiger charge is 2.25. The van der Waals surface area contributed by atoms with Crippen LogP contribution < -0.4 is 10.1 Å². The van der Waals surface area contributed by atoms with Crippen molar-refractivity contribution in [3.8, 4) is 5.75 Å². The van der Waals surface area contributed by atoms with E-state index in [9.17, 15) is 14.4 Å². The Morgan fingerprint density at radius 3 is 2.63 bits per heavy atom. The Kier molecular flexibility index (Phi) is 9.15. The van der Waals surface area contributed by atoms with Crippen LogP contribution in [0.1, 0.15) is 62.8 Å². The van der Waals surface area contributed by atoms with E-state index in [0.717, 1.165) is 40.0 Å². The van der Waals surface area contributed by atoms with Crippen LogP contribution in [0.15, 0.2) is 90.3 Å². The number of benzene rings is 3. The number of aromatic nitrogens is 2. The zero-order valence-electron chi connectivity index (χ0n) is 22.5. The number of thioether (sulfide) groups is 1. The highest BCUT2D eigenvalue weighted by Crippen LogP contribution is 2.38. The van der Waals surface area contributed by atoms with E-state index in [-0.39, 0.29) is 30.8 Å². The molecule has 41 heavy (non-hydrogen) atoms. The van der Waals surface area contributed by atoms with Crippen LogP contribution in [0.5, 0.6) is 5.75 Å². The molecule has 0 aliphatic heterocycles. The van der Waals surface area contributed by atoms with Crippen LogP contribution in [-0.4, -0.2) is 38.9 Å². The molecule has 0 saturated heterocycles. The Morgan fingerprint density at radius 1 is 1.05 bits per heavy atom. The zero-order chi connectivity index (χ0) is 28.6. The Bertz CT molecular complexity index is 1520. The maximum Gasteiger partial charge on any atom is 0.305 e. The number of ketones is 1. The number of imidazole rings is 1. The summed E-state index contributed by atoms with van der Waals surface area (Å²) in [6, 6.07) is 21.1. The number of ether oxygens (including phenoxy) is 1. The Labute approximate surface area is 242 Å². The molecule has 0 saturated carbocycles. The van der Waals surface area contributed by atoms with Gasteiger partial charge in [-0.2, -0.15) is 0 Å². The van der Waals surface area contributed by atoms with Gasteiger partial charge in [-0.15, -0.1) is 11.8 Å². The predicted octanol–water partition coefficient (Wildman–Crippen LogP) is 5.72. The number of carboxylic acid groups (broad SMARTS) is 1. The second kappa shape index (κ2) is 13.3. The molecule has 0 radical (unpaired) electrons. The number of hydrogen-bond acceptors (Lipinski definition) is 6. The van der Waals surface area contributed by atoms with Gasteiger partial charge in [-0.05, 0) is 48.2 Å². The van der Waals surface area contributed by atoms with Crippen molar-refractivity contribution in [1.29, 1.82) is 0 Å². The van der Waals surface area contributed by atoms with Gasteiger partial charge in [0.25, 0.3) is 5.91 Å². The van der Waals surface area contributed by atoms with Gasteiger partial charge >= 0.3 is 5.97 Å². The molecule has 0 bridgehead atoms. The molecule has 3 aromatic carbocycles. The molecule has 1 aromatic heterocycles. The minimum absolute atomic E-state index is 0.0528. The normalized spacial score (nSPS) is 13.3. The van der Waals surface area contributed by atoms with Crippen LogP contribution in [0.2, 0.25) is 0 Å². The Balaban J connectivity index is 1.45. The van der Waals surface area contributed by atoms with Gasteiger partial charge in [-0.25, -0.2) is 4.98 Å². The lowest BCUT2D eigenvalue weighted by Crippen LogP contribution is -2.26. The van der Waals surface area contributed by atoms with E-state index in [1.807, 2.05) is 65.4 Å². The van der Waals surface area contributed by atoms with E-state index in [1.165, 1.54) is 11.8 Å². The van der Waals surface area contributed by atoms with Gasteiger partial charge in [0.2, 0.25) is 0 Å². The third-order valence-electron chi connectivity index (χ3n) is 7.02. The zero-order valence-corrected chi connectivity index (χ0v) is 23.3. The first kappa shape index (κ1) is 28.2. The summed E-state index contributed by atoms with van der Waals surface area (Å²) in [5.41, 5.74) is 4.20. The number of rotatable bonds is 12. The predicted molar refractivity (Wildman–Crippen MR) is 156 cm³/mol. The van der Waals surface area contributed by atoms with E-state index in [0.29, 0.717) is 30.0 Å². The number of carbonyl (C=O) groups excluding carboxylic acids is 2. The van der Waals surface area contributed by atoms with Gasteiger partial charge in [-0.1, -0.05) is 42.5 Å². The van der Waals surface area contributed by atoms with Gasteiger partial charge in [0, 0.05) is 47.1 Å². The smallest absolute Gasteiger partial charge is 0.305 e. The number of amides is 1. The SMILES string of the molecule is O=C(O)CCNC(=O)c1ccccc1SCc1c(OC(Cn2ccnc2)c2ccccc2)ccc2c1CCCC2=O. The van der Waals surface area contributed by atoms with Crippen LogP contribution in [0.3, 0.4) is 0 Å². The minimum atomic E-state index is -0.967. The number of nitrogens with one attached hydrogen (secondary N) is 1. The number of Topliss-reactive ketones (excluding diaryl/α,β-unsaturated/α-hetero) is 1. The molecule has 210 valence electrons. The summed E-state index contributed by atoms with van der Waals surface area (Å²) in [5, 5.41) is 11.6. The lowest BCUT2D eigenvalue weighted by molar-refractivity contribution is -0.136. The van der Waals surface area contributed by atoms with Crippen LogP contribution in [0, 0.1) is 0 Å². The number of aliphatic carboxylic acids is 1. The van der Waals surface area contributed by atoms with Gasteiger partial charge in [-0.3, -0.25) is 14.4 Å². The monoisotopic (exact) mass is 569 g/mol. The van der Waals surface area contributed by atoms with E-state index in [1.54, 1.807) is 24.7 Å². The largest absolute Gasteiger partial charge is 0.484 e. The highest BCUT2D eigenvalue weighted by atomic mass is 32.2. The van der Waals surface area contributed by atoms with E-state index < -0.39 is 5.97 Å². The van der Waals surface area contributed by atoms with Crippen molar-refractivity contribution in [2.24, 2.45) is 0 Å². The van der Waals surface area contributed by atoms with Crippen molar-refractivity contribution in [2.75, 3.05) is 6.54 Å². The summed E-state index contributed by atoms with van der Waals surface area (Å²) >= 11 is 1.50. The average molecular weight is 570 g/mol. The van der Waals surface area contributed by atoms with Gasteiger partial charge in [0.1, 0.15) is 11.9 Å². The lowest BCUT2D eigenvalue weighted by atomic mass is 9.87. The summed E-state index contributed by atoms with van der Waals surface area (Å²) in [4.78, 5) is 41.5. The third-order valence-corrected chi connectivity index (χ3v) is 8.12. The third kappa shape index (κ3) is 7.05. The molecule has 9 heteroatoms. The minimum Gasteiger partial charge on any atom is -0.484 e. The average Bonchev–Trinajstić information content (AvgIpc) is 3.50. The molecule has 1 aliphatic rings. The molecule has 8 nitrogen and oxygen atoms in total. The van der Waals surface area contributed by atoms with Gasteiger partial charge in [0.05, 0.1) is 24.9 Å². The molecule has 4 aromatic rings. The lowest BCUT2D eigenvalue weighted by Gasteiger charge is -2.26. The van der Waals surface area contributed by atoms with Crippen molar-refractivity contribution in [2.45, 2.75) is 49.0 Å². The Morgan fingerprint density at radius 2 is 1.85 bits per heavy atom. The first-order valence-electron chi connectivity index (χ1n) is 13.6. The number of nitrogens with zero attached hydrogens (tertiary/aromatic N) is 2.